The van der Waals surface area contributed by atoms with E-state index in [9.17, 15) is 19.8 Å². The first-order valence-corrected chi connectivity index (χ1v) is 7.83. The summed E-state index contributed by atoms with van der Waals surface area (Å²) in [5, 5.41) is 21.0. The van der Waals surface area contributed by atoms with Crippen LogP contribution < -0.4 is 0 Å². The first-order valence-electron chi connectivity index (χ1n) is 7.83. The molecule has 1 heterocycles. The molecule has 0 aromatic heterocycles. The number of cyclic esters (lactones) is 1. The zero-order valence-electron chi connectivity index (χ0n) is 12.8. The predicted octanol–water partition coefficient (Wildman–Crippen LogP) is 0.556. The van der Waals surface area contributed by atoms with Crippen molar-refractivity contribution >= 4 is 11.8 Å². The molecule has 1 aliphatic heterocycles. The lowest BCUT2D eigenvalue weighted by atomic mass is 9.99. The summed E-state index contributed by atoms with van der Waals surface area (Å²) in [6.45, 7) is 2.27. The number of hydrogen-bond acceptors (Lipinski definition) is 6. The SMILES string of the molecule is CCCCOC1C(=O)C(=O)O[C@@H]1[C@@]1(O)C(O)C1c1ccccc1. The molecule has 6 heteroatoms. The number of aliphatic hydroxyl groups is 2. The number of esters is 1. The summed E-state index contributed by atoms with van der Waals surface area (Å²) >= 11 is 0. The zero-order valence-corrected chi connectivity index (χ0v) is 12.8. The van der Waals surface area contributed by atoms with Gasteiger partial charge in [-0.3, -0.25) is 4.79 Å². The fourth-order valence-electron chi connectivity index (χ4n) is 3.17. The number of Topliss-reactive ketones (excluding diaryl/α,β-unsaturated/α-hetero) is 1. The molecule has 0 spiro atoms. The van der Waals surface area contributed by atoms with Gasteiger partial charge in [0.1, 0.15) is 5.60 Å². The number of hydrogen-bond donors (Lipinski definition) is 2. The van der Waals surface area contributed by atoms with Crippen molar-refractivity contribution in [2.45, 2.75) is 49.6 Å². The minimum Gasteiger partial charge on any atom is -0.450 e. The maximum absolute atomic E-state index is 11.9. The van der Waals surface area contributed by atoms with Crippen molar-refractivity contribution in [1.82, 2.24) is 0 Å². The summed E-state index contributed by atoms with van der Waals surface area (Å²) in [6.07, 6.45) is -1.85. The van der Waals surface area contributed by atoms with E-state index in [1.54, 1.807) is 24.3 Å². The fraction of sp³-hybridized carbons (Fsp3) is 0.529. The number of carbonyl (C=O) groups excluding carboxylic acids is 2. The van der Waals surface area contributed by atoms with E-state index in [0.717, 1.165) is 18.4 Å². The predicted molar refractivity (Wildman–Crippen MR) is 79.7 cm³/mol. The lowest BCUT2D eigenvalue weighted by Crippen LogP contribution is -2.43. The molecule has 0 radical (unpaired) electrons. The smallest absolute Gasteiger partial charge is 0.378 e. The van der Waals surface area contributed by atoms with Gasteiger partial charge in [-0.15, -0.1) is 0 Å². The van der Waals surface area contributed by atoms with Crippen LogP contribution in [0.2, 0.25) is 0 Å². The van der Waals surface area contributed by atoms with Crippen molar-refractivity contribution in [2.75, 3.05) is 6.61 Å². The molecule has 2 N–H and O–H groups in total. The van der Waals surface area contributed by atoms with E-state index in [4.69, 9.17) is 9.47 Å². The van der Waals surface area contributed by atoms with Gasteiger partial charge in [-0.1, -0.05) is 43.7 Å². The summed E-state index contributed by atoms with van der Waals surface area (Å²) in [5.41, 5.74) is -0.967. The standard InChI is InChI=1S/C17H20O6/c1-2-3-9-22-13-12(18)16(20)23-15(13)17(21)11(14(17)19)10-7-5-4-6-8-10/h4-8,11,13-15,19,21H,2-3,9H2,1H3/t11?,13?,14?,15-,17-/m0/s1. The van der Waals surface area contributed by atoms with Crippen LogP contribution in [-0.2, 0) is 19.1 Å². The highest BCUT2D eigenvalue weighted by molar-refractivity contribution is 6.37. The normalized spacial score (nSPS) is 36.1. The summed E-state index contributed by atoms with van der Waals surface area (Å²) in [6, 6.07) is 8.96. The Morgan fingerprint density at radius 1 is 1.26 bits per heavy atom. The Hall–Kier alpha value is -1.76. The molecule has 1 saturated carbocycles. The molecule has 23 heavy (non-hydrogen) atoms. The van der Waals surface area contributed by atoms with Crippen LogP contribution in [0.3, 0.4) is 0 Å². The molecule has 2 aliphatic rings. The third kappa shape index (κ3) is 2.56. The van der Waals surface area contributed by atoms with Gasteiger partial charge in [0.05, 0.1) is 6.10 Å². The number of ether oxygens (including phenoxy) is 2. The zero-order chi connectivity index (χ0) is 16.6. The topological polar surface area (TPSA) is 93.1 Å². The Balaban J connectivity index is 1.81. The molecule has 0 amide bonds. The van der Waals surface area contributed by atoms with Crippen molar-refractivity contribution in [3.63, 3.8) is 0 Å². The third-order valence-corrected chi connectivity index (χ3v) is 4.56. The van der Waals surface area contributed by atoms with E-state index in [2.05, 4.69) is 0 Å². The van der Waals surface area contributed by atoms with E-state index in [0.29, 0.717) is 6.61 Å². The van der Waals surface area contributed by atoms with Crippen molar-refractivity contribution < 1.29 is 29.3 Å². The van der Waals surface area contributed by atoms with Gasteiger partial charge >= 0.3 is 5.97 Å². The van der Waals surface area contributed by atoms with Crippen molar-refractivity contribution in [2.24, 2.45) is 0 Å². The Morgan fingerprint density at radius 2 is 1.96 bits per heavy atom. The van der Waals surface area contributed by atoms with Crippen LogP contribution in [0.5, 0.6) is 0 Å². The molecule has 2 fully saturated rings. The van der Waals surface area contributed by atoms with Gasteiger partial charge in [0.15, 0.2) is 12.2 Å². The second kappa shape index (κ2) is 6.03. The third-order valence-electron chi connectivity index (χ3n) is 4.56. The van der Waals surface area contributed by atoms with Crippen LogP contribution in [-0.4, -0.2) is 52.5 Å². The van der Waals surface area contributed by atoms with Gasteiger partial charge in [-0.2, -0.15) is 0 Å². The van der Waals surface area contributed by atoms with Crippen LogP contribution >= 0.6 is 0 Å². The summed E-state index contributed by atoms with van der Waals surface area (Å²) in [7, 11) is 0. The summed E-state index contributed by atoms with van der Waals surface area (Å²) < 4.78 is 10.5. The Morgan fingerprint density at radius 3 is 2.61 bits per heavy atom. The Labute approximate surface area is 134 Å². The van der Waals surface area contributed by atoms with Gasteiger partial charge in [0.25, 0.3) is 5.78 Å². The highest BCUT2D eigenvalue weighted by atomic mass is 16.6. The van der Waals surface area contributed by atoms with Gasteiger partial charge in [0.2, 0.25) is 0 Å². The van der Waals surface area contributed by atoms with Gasteiger partial charge in [-0.05, 0) is 12.0 Å². The molecule has 0 bridgehead atoms. The molecular formula is C17H20O6. The van der Waals surface area contributed by atoms with Crippen molar-refractivity contribution in [1.29, 1.82) is 0 Å². The largest absolute Gasteiger partial charge is 0.450 e. The van der Waals surface area contributed by atoms with Gasteiger partial charge in [0, 0.05) is 12.5 Å². The van der Waals surface area contributed by atoms with Crippen LogP contribution in [0.1, 0.15) is 31.2 Å². The lowest BCUT2D eigenvalue weighted by Gasteiger charge is -2.22. The highest BCUT2D eigenvalue weighted by Crippen LogP contribution is 2.56. The molecular weight excluding hydrogens is 300 g/mol. The molecule has 1 saturated heterocycles. The van der Waals surface area contributed by atoms with Crippen molar-refractivity contribution in [3.05, 3.63) is 35.9 Å². The van der Waals surface area contributed by atoms with Crippen LogP contribution in [0.4, 0.5) is 0 Å². The molecule has 3 rings (SSSR count). The first kappa shape index (κ1) is 16.1. The average molecular weight is 320 g/mol. The quantitative estimate of drug-likeness (QED) is 0.452. The summed E-state index contributed by atoms with van der Waals surface area (Å²) in [5.74, 6) is -2.43. The van der Waals surface area contributed by atoms with Gasteiger partial charge < -0.3 is 19.7 Å². The monoisotopic (exact) mass is 320 g/mol. The molecule has 124 valence electrons. The first-order chi connectivity index (χ1) is 11.0. The number of benzene rings is 1. The Bertz CT molecular complexity index is 600. The van der Waals surface area contributed by atoms with E-state index >= 15 is 0 Å². The average Bonchev–Trinajstić information content (AvgIpc) is 2.99. The van der Waals surface area contributed by atoms with E-state index in [1.807, 2.05) is 13.0 Å². The molecule has 6 nitrogen and oxygen atoms in total. The molecule has 1 aliphatic carbocycles. The van der Waals surface area contributed by atoms with Crippen LogP contribution in [0, 0.1) is 0 Å². The van der Waals surface area contributed by atoms with Crippen LogP contribution in [0.25, 0.3) is 0 Å². The fourth-order valence-corrected chi connectivity index (χ4v) is 3.17. The molecule has 1 aromatic rings. The maximum Gasteiger partial charge on any atom is 0.378 e. The number of unbranched alkanes of at least 4 members (excludes halogenated alkanes) is 1. The van der Waals surface area contributed by atoms with E-state index in [1.165, 1.54) is 0 Å². The number of carbonyl (C=O) groups is 2. The highest BCUT2D eigenvalue weighted by Gasteiger charge is 2.74. The second-order valence-corrected chi connectivity index (χ2v) is 6.06. The number of ketones is 1. The maximum atomic E-state index is 11.9. The lowest BCUT2D eigenvalue weighted by molar-refractivity contribution is -0.153. The number of aliphatic hydroxyl groups excluding tert-OH is 1. The second-order valence-electron chi connectivity index (χ2n) is 6.06. The van der Waals surface area contributed by atoms with Crippen molar-refractivity contribution in [3.8, 4) is 0 Å². The molecule has 5 atom stereocenters. The Kier molecular flexibility index (Phi) is 4.23. The van der Waals surface area contributed by atoms with Gasteiger partial charge in [-0.25, -0.2) is 4.79 Å². The van der Waals surface area contributed by atoms with Crippen LogP contribution in [0.15, 0.2) is 30.3 Å². The van der Waals surface area contributed by atoms with E-state index < -0.39 is 41.6 Å². The summed E-state index contributed by atoms with van der Waals surface area (Å²) in [4.78, 5) is 23.5. The number of rotatable bonds is 6. The molecule has 1 aromatic carbocycles. The molecule has 3 unspecified atom stereocenters. The minimum atomic E-state index is -1.69. The van der Waals surface area contributed by atoms with E-state index in [-0.39, 0.29) is 0 Å². The minimum absolute atomic E-state index is 0.294.